The van der Waals surface area contributed by atoms with Gasteiger partial charge in [-0.3, -0.25) is 0 Å². The van der Waals surface area contributed by atoms with E-state index in [2.05, 4.69) is 10.1 Å². The Hall–Kier alpha value is -2.11. The van der Waals surface area contributed by atoms with Crippen LogP contribution in [0, 0.1) is 5.82 Å². The summed E-state index contributed by atoms with van der Waals surface area (Å²) >= 11 is 0. The zero-order valence-corrected chi connectivity index (χ0v) is 10.1. The van der Waals surface area contributed by atoms with Crippen LogP contribution in [0.15, 0.2) is 24.5 Å². The summed E-state index contributed by atoms with van der Waals surface area (Å²) in [6.07, 6.45) is 2.40. The summed E-state index contributed by atoms with van der Waals surface area (Å²) in [6, 6.07) is 4.44. The molecule has 0 fully saturated rings. The summed E-state index contributed by atoms with van der Waals surface area (Å²) in [7, 11) is 0. The van der Waals surface area contributed by atoms with Crippen LogP contribution in [-0.2, 0) is 13.2 Å². The molecule has 96 valence electrons. The third kappa shape index (κ3) is 2.58. The highest BCUT2D eigenvalue weighted by Gasteiger charge is 2.10. The average molecular weight is 250 g/mol. The fourth-order valence-electron chi connectivity index (χ4n) is 1.61. The number of aromatic nitrogens is 3. The van der Waals surface area contributed by atoms with Crippen molar-refractivity contribution in [3.63, 3.8) is 0 Å². The molecule has 2 aromatic rings. The summed E-state index contributed by atoms with van der Waals surface area (Å²) in [5.74, 6) is 0.236. The van der Waals surface area contributed by atoms with Crippen LogP contribution in [0.4, 0.5) is 10.1 Å². The Balaban J connectivity index is 2.09. The number of aryl methyl sites for hydroxylation is 1. The monoisotopic (exact) mass is 250 g/mol. The summed E-state index contributed by atoms with van der Waals surface area (Å²) < 4.78 is 20.6. The van der Waals surface area contributed by atoms with E-state index >= 15 is 0 Å². The summed E-state index contributed by atoms with van der Waals surface area (Å²) in [5, 5.41) is 4.06. The van der Waals surface area contributed by atoms with Gasteiger partial charge in [-0.2, -0.15) is 5.10 Å². The molecule has 0 aliphatic heterocycles. The van der Waals surface area contributed by atoms with Gasteiger partial charge >= 0.3 is 0 Å². The molecule has 5 nitrogen and oxygen atoms in total. The maximum absolute atomic E-state index is 13.5. The summed E-state index contributed by atoms with van der Waals surface area (Å²) in [4.78, 5) is 4.07. The highest BCUT2D eigenvalue weighted by Crippen LogP contribution is 2.25. The molecule has 0 bridgehead atoms. The topological polar surface area (TPSA) is 66.0 Å². The van der Waals surface area contributed by atoms with Crippen molar-refractivity contribution < 1.29 is 9.13 Å². The van der Waals surface area contributed by atoms with E-state index in [-0.39, 0.29) is 18.0 Å². The fourth-order valence-corrected chi connectivity index (χ4v) is 1.61. The Labute approximate surface area is 104 Å². The minimum absolute atomic E-state index is 0.0588. The first kappa shape index (κ1) is 12.3. The molecule has 0 saturated heterocycles. The smallest absolute Gasteiger partial charge is 0.178 e. The van der Waals surface area contributed by atoms with Gasteiger partial charge in [0.2, 0.25) is 0 Å². The Morgan fingerprint density at radius 1 is 1.44 bits per heavy atom. The summed E-state index contributed by atoms with van der Waals surface area (Å²) in [5.41, 5.74) is 5.92. The minimum atomic E-state index is -0.475. The molecule has 2 rings (SSSR count). The largest absolute Gasteiger partial charge is 0.480 e. The predicted octanol–water partition coefficient (Wildman–Crippen LogP) is 1.99. The number of nitrogen functional groups attached to an aromatic ring is 1. The quantitative estimate of drug-likeness (QED) is 0.824. The second-order valence-corrected chi connectivity index (χ2v) is 3.85. The van der Waals surface area contributed by atoms with Gasteiger partial charge in [-0.15, -0.1) is 0 Å². The number of hydrogen-bond acceptors (Lipinski definition) is 4. The van der Waals surface area contributed by atoms with Gasteiger partial charge in [0.05, 0.1) is 5.69 Å². The van der Waals surface area contributed by atoms with Gasteiger partial charge in [0.25, 0.3) is 0 Å². The van der Waals surface area contributed by atoms with Crippen molar-refractivity contribution in [2.45, 2.75) is 26.5 Å². The predicted molar refractivity (Wildman–Crippen MR) is 65.5 cm³/mol. The van der Waals surface area contributed by atoms with Crippen molar-refractivity contribution >= 4 is 5.69 Å². The van der Waals surface area contributed by atoms with Crippen molar-refractivity contribution in [3.8, 4) is 5.75 Å². The Morgan fingerprint density at radius 3 is 3.00 bits per heavy atom. The zero-order valence-electron chi connectivity index (χ0n) is 10.1. The van der Waals surface area contributed by atoms with E-state index in [1.54, 1.807) is 10.7 Å². The van der Waals surface area contributed by atoms with E-state index in [1.165, 1.54) is 18.5 Å². The third-order valence-electron chi connectivity index (χ3n) is 2.47. The van der Waals surface area contributed by atoms with Crippen molar-refractivity contribution in [2.24, 2.45) is 0 Å². The second-order valence-electron chi connectivity index (χ2n) is 3.85. The lowest BCUT2D eigenvalue weighted by atomic mass is 10.3. The van der Waals surface area contributed by atoms with Gasteiger partial charge in [0.1, 0.15) is 12.9 Å². The van der Waals surface area contributed by atoms with Crippen LogP contribution in [0.25, 0.3) is 0 Å². The molecule has 18 heavy (non-hydrogen) atoms. The maximum atomic E-state index is 13.5. The van der Waals surface area contributed by atoms with Crippen molar-refractivity contribution in [3.05, 3.63) is 36.2 Å². The average Bonchev–Trinajstić information content (AvgIpc) is 2.77. The highest BCUT2D eigenvalue weighted by molar-refractivity contribution is 5.52. The molecule has 1 aromatic carbocycles. The Bertz CT molecular complexity index is 506. The molecular formula is C12H15FN4O. The lowest BCUT2D eigenvalue weighted by Gasteiger charge is -2.09. The maximum Gasteiger partial charge on any atom is 0.178 e. The first-order chi connectivity index (χ1) is 8.72. The molecule has 0 atom stereocenters. The lowest BCUT2D eigenvalue weighted by molar-refractivity contribution is 0.274. The normalized spacial score (nSPS) is 10.6. The molecule has 0 aliphatic rings. The first-order valence-electron chi connectivity index (χ1n) is 5.75. The van der Waals surface area contributed by atoms with Crippen molar-refractivity contribution in [1.82, 2.24) is 14.8 Å². The molecule has 0 amide bonds. The number of nitrogens with zero attached hydrogens (tertiary/aromatic N) is 3. The molecular weight excluding hydrogens is 235 g/mol. The molecule has 6 heteroatoms. The van der Waals surface area contributed by atoms with Crippen LogP contribution >= 0.6 is 0 Å². The van der Waals surface area contributed by atoms with Crippen LogP contribution < -0.4 is 10.5 Å². The van der Waals surface area contributed by atoms with Crippen molar-refractivity contribution in [2.75, 3.05) is 5.73 Å². The van der Waals surface area contributed by atoms with E-state index < -0.39 is 5.82 Å². The first-order valence-corrected chi connectivity index (χ1v) is 5.75. The van der Waals surface area contributed by atoms with Crippen LogP contribution in [-0.4, -0.2) is 14.8 Å². The third-order valence-corrected chi connectivity index (χ3v) is 2.47. The SMILES string of the molecule is CCCn1ncnc1COc1c(N)cccc1F. The Morgan fingerprint density at radius 2 is 2.28 bits per heavy atom. The van der Waals surface area contributed by atoms with Gasteiger partial charge in [-0.05, 0) is 18.6 Å². The van der Waals surface area contributed by atoms with E-state index in [4.69, 9.17) is 10.5 Å². The number of hydrogen-bond donors (Lipinski definition) is 1. The molecule has 0 radical (unpaired) electrons. The molecule has 0 saturated carbocycles. The van der Waals surface area contributed by atoms with E-state index in [0.29, 0.717) is 5.82 Å². The fraction of sp³-hybridized carbons (Fsp3) is 0.333. The summed E-state index contributed by atoms with van der Waals surface area (Å²) in [6.45, 7) is 2.94. The molecule has 0 unspecified atom stereocenters. The van der Waals surface area contributed by atoms with Crippen LogP contribution in [0.1, 0.15) is 19.2 Å². The number of anilines is 1. The van der Waals surface area contributed by atoms with Gasteiger partial charge in [-0.25, -0.2) is 14.1 Å². The van der Waals surface area contributed by atoms with Crippen LogP contribution in [0.5, 0.6) is 5.75 Å². The molecule has 2 N–H and O–H groups in total. The van der Waals surface area contributed by atoms with E-state index in [9.17, 15) is 4.39 Å². The minimum Gasteiger partial charge on any atom is -0.480 e. The zero-order chi connectivity index (χ0) is 13.0. The number of halogens is 1. The number of benzene rings is 1. The van der Waals surface area contributed by atoms with E-state index in [1.807, 2.05) is 6.92 Å². The molecule has 1 aromatic heterocycles. The Kier molecular flexibility index (Phi) is 3.76. The molecule has 0 aliphatic carbocycles. The van der Waals surface area contributed by atoms with Crippen LogP contribution in [0.3, 0.4) is 0 Å². The number of nitrogens with two attached hydrogens (primary N) is 1. The van der Waals surface area contributed by atoms with Crippen LogP contribution in [0.2, 0.25) is 0 Å². The molecule has 1 heterocycles. The highest BCUT2D eigenvalue weighted by atomic mass is 19.1. The van der Waals surface area contributed by atoms with Gasteiger partial charge in [0, 0.05) is 6.54 Å². The van der Waals surface area contributed by atoms with Gasteiger partial charge in [-0.1, -0.05) is 13.0 Å². The van der Waals surface area contributed by atoms with Gasteiger partial charge in [0.15, 0.2) is 17.4 Å². The standard InChI is InChI=1S/C12H15FN4O/c1-2-6-17-11(15-8-16-17)7-18-12-9(13)4-3-5-10(12)14/h3-5,8H,2,6-7,14H2,1H3. The molecule has 0 spiro atoms. The van der Waals surface area contributed by atoms with E-state index in [0.717, 1.165) is 13.0 Å². The number of para-hydroxylation sites is 1. The second kappa shape index (κ2) is 5.48. The van der Waals surface area contributed by atoms with Gasteiger partial charge < -0.3 is 10.5 Å². The lowest BCUT2D eigenvalue weighted by Crippen LogP contribution is -2.09. The number of ether oxygens (including phenoxy) is 1. The van der Waals surface area contributed by atoms with Crippen molar-refractivity contribution in [1.29, 1.82) is 0 Å². The number of rotatable bonds is 5.